The molecule has 17 heavy (non-hydrogen) atoms. The van der Waals surface area contributed by atoms with Crippen LogP contribution in [0.15, 0.2) is 12.4 Å². The van der Waals surface area contributed by atoms with Gasteiger partial charge in [0.25, 0.3) is 0 Å². The minimum absolute atomic E-state index is 0.0795. The van der Waals surface area contributed by atoms with Crippen molar-refractivity contribution in [1.82, 2.24) is 9.78 Å². The fourth-order valence-corrected chi connectivity index (χ4v) is 1.88. The lowest BCUT2D eigenvalue weighted by atomic mass is 10.2. The zero-order valence-corrected chi connectivity index (χ0v) is 9.76. The Balaban J connectivity index is 1.84. The topological polar surface area (TPSA) is 82.2 Å². The molecular weight excluding hydrogens is 220 g/mol. The summed E-state index contributed by atoms with van der Waals surface area (Å²) in [5.41, 5.74) is 6.01. The van der Waals surface area contributed by atoms with E-state index in [4.69, 9.17) is 10.5 Å². The highest BCUT2D eigenvalue weighted by Crippen LogP contribution is 2.14. The second kappa shape index (κ2) is 5.79. The molecule has 2 rings (SSSR count). The van der Waals surface area contributed by atoms with Crippen LogP contribution in [0, 0.1) is 0 Å². The summed E-state index contributed by atoms with van der Waals surface area (Å²) < 4.78 is 7.32. The molecule has 0 bridgehead atoms. The first-order valence-corrected chi connectivity index (χ1v) is 5.92. The summed E-state index contributed by atoms with van der Waals surface area (Å²) in [6.45, 7) is 1.94. The van der Waals surface area contributed by atoms with Gasteiger partial charge in [-0.3, -0.25) is 9.48 Å². The monoisotopic (exact) mass is 238 g/mol. The zero-order valence-electron chi connectivity index (χ0n) is 9.76. The van der Waals surface area contributed by atoms with Gasteiger partial charge >= 0.3 is 0 Å². The van der Waals surface area contributed by atoms with Crippen LogP contribution < -0.4 is 11.1 Å². The first kappa shape index (κ1) is 12.1. The molecule has 0 radical (unpaired) electrons. The Labute approximate surface area is 100 Å². The maximum atomic E-state index is 11.3. The third-order valence-electron chi connectivity index (χ3n) is 2.70. The van der Waals surface area contributed by atoms with Crippen LogP contribution in [-0.4, -0.2) is 34.9 Å². The van der Waals surface area contributed by atoms with Crippen LogP contribution in [0.5, 0.6) is 0 Å². The second-order valence-electron chi connectivity index (χ2n) is 4.17. The Hall–Kier alpha value is -1.40. The first-order chi connectivity index (χ1) is 8.28. The molecular formula is C11H18N4O2. The molecule has 1 aromatic rings. The average Bonchev–Trinajstić information content (AvgIpc) is 2.91. The van der Waals surface area contributed by atoms with Gasteiger partial charge in [0, 0.05) is 25.8 Å². The molecule has 1 saturated heterocycles. The number of carbonyl (C=O) groups excluding carboxylic acids is 1. The van der Waals surface area contributed by atoms with Gasteiger partial charge < -0.3 is 15.8 Å². The average molecular weight is 238 g/mol. The highest BCUT2D eigenvalue weighted by Gasteiger charge is 2.16. The first-order valence-electron chi connectivity index (χ1n) is 5.92. The zero-order chi connectivity index (χ0) is 12.1. The summed E-state index contributed by atoms with van der Waals surface area (Å²) in [4.78, 5) is 11.3. The van der Waals surface area contributed by atoms with Crippen molar-refractivity contribution in [3.63, 3.8) is 0 Å². The molecule has 1 amide bonds. The van der Waals surface area contributed by atoms with Crippen LogP contribution in [0.1, 0.15) is 19.3 Å². The fourth-order valence-electron chi connectivity index (χ4n) is 1.88. The van der Waals surface area contributed by atoms with Crippen LogP contribution in [-0.2, 0) is 16.1 Å². The van der Waals surface area contributed by atoms with E-state index in [-0.39, 0.29) is 12.0 Å². The molecule has 1 fully saturated rings. The Kier molecular flexibility index (Phi) is 4.11. The van der Waals surface area contributed by atoms with Gasteiger partial charge in [-0.05, 0) is 12.8 Å². The Morgan fingerprint density at radius 1 is 1.71 bits per heavy atom. The van der Waals surface area contributed by atoms with Crippen molar-refractivity contribution in [3.8, 4) is 0 Å². The Bertz CT molecular complexity index is 371. The fraction of sp³-hybridized carbons (Fsp3) is 0.636. The summed E-state index contributed by atoms with van der Waals surface area (Å²) in [7, 11) is 0. The molecule has 0 aliphatic carbocycles. The summed E-state index contributed by atoms with van der Waals surface area (Å²) >= 11 is 0. The van der Waals surface area contributed by atoms with Crippen molar-refractivity contribution < 1.29 is 9.53 Å². The third kappa shape index (κ3) is 3.54. The van der Waals surface area contributed by atoms with Gasteiger partial charge in [-0.2, -0.15) is 5.10 Å². The smallest absolute Gasteiger partial charge is 0.225 e. The Morgan fingerprint density at radius 2 is 2.59 bits per heavy atom. The lowest BCUT2D eigenvalue weighted by Gasteiger charge is -2.08. The molecule has 1 aliphatic rings. The second-order valence-corrected chi connectivity index (χ2v) is 4.17. The molecule has 0 aromatic carbocycles. The normalized spacial score (nSPS) is 19.5. The van der Waals surface area contributed by atoms with Gasteiger partial charge in [-0.1, -0.05) is 0 Å². The van der Waals surface area contributed by atoms with E-state index >= 15 is 0 Å². The summed E-state index contributed by atoms with van der Waals surface area (Å²) in [5.74, 6) is -0.0795. The quantitative estimate of drug-likeness (QED) is 0.775. The molecule has 6 nitrogen and oxygen atoms in total. The van der Waals surface area contributed by atoms with Gasteiger partial charge in [0.15, 0.2) is 0 Å². The predicted molar refractivity (Wildman–Crippen MR) is 63.5 cm³/mol. The number of nitrogens with two attached hydrogens (primary N) is 1. The molecule has 1 aliphatic heterocycles. The van der Waals surface area contributed by atoms with Crippen molar-refractivity contribution in [3.05, 3.63) is 12.4 Å². The molecule has 1 aromatic heterocycles. The van der Waals surface area contributed by atoms with E-state index in [0.717, 1.165) is 26.0 Å². The number of hydrogen-bond donors (Lipinski definition) is 2. The number of amides is 1. The van der Waals surface area contributed by atoms with Crippen molar-refractivity contribution in [2.75, 3.05) is 18.5 Å². The number of anilines is 1. The van der Waals surface area contributed by atoms with Gasteiger partial charge in [-0.15, -0.1) is 0 Å². The summed E-state index contributed by atoms with van der Waals surface area (Å²) in [6, 6.07) is 0. The van der Waals surface area contributed by atoms with Gasteiger partial charge in [0.05, 0.1) is 24.5 Å². The van der Waals surface area contributed by atoms with E-state index in [1.54, 1.807) is 10.9 Å². The Morgan fingerprint density at radius 3 is 3.29 bits per heavy atom. The van der Waals surface area contributed by atoms with Crippen molar-refractivity contribution in [2.24, 2.45) is 5.73 Å². The molecule has 1 unspecified atom stereocenters. The van der Waals surface area contributed by atoms with Crippen molar-refractivity contribution >= 4 is 11.6 Å². The van der Waals surface area contributed by atoms with Crippen LogP contribution in [0.4, 0.5) is 5.69 Å². The number of nitrogens with one attached hydrogen (secondary N) is 1. The molecule has 3 N–H and O–H groups in total. The van der Waals surface area contributed by atoms with E-state index in [2.05, 4.69) is 10.4 Å². The highest BCUT2D eigenvalue weighted by molar-refractivity contribution is 5.90. The van der Waals surface area contributed by atoms with Crippen molar-refractivity contribution in [1.29, 1.82) is 0 Å². The largest absolute Gasteiger partial charge is 0.376 e. The lowest BCUT2D eigenvalue weighted by molar-refractivity contribution is -0.116. The van der Waals surface area contributed by atoms with Crippen LogP contribution in [0.2, 0.25) is 0 Å². The van der Waals surface area contributed by atoms with Gasteiger partial charge in [0.1, 0.15) is 0 Å². The van der Waals surface area contributed by atoms with Gasteiger partial charge in [-0.25, -0.2) is 0 Å². The standard InChI is InChI=1S/C11H18N4O2/c12-4-3-11(16)14-9-6-13-15(7-9)8-10-2-1-5-17-10/h6-7,10H,1-5,8,12H2,(H,14,16). The molecule has 0 spiro atoms. The van der Waals surface area contributed by atoms with Crippen LogP contribution in [0.3, 0.4) is 0 Å². The molecule has 6 heteroatoms. The number of carbonyl (C=O) groups is 1. The summed E-state index contributed by atoms with van der Waals surface area (Å²) in [6.07, 6.45) is 6.24. The van der Waals surface area contributed by atoms with E-state index in [0.29, 0.717) is 18.7 Å². The number of nitrogens with zero attached hydrogens (tertiary/aromatic N) is 2. The van der Waals surface area contributed by atoms with Crippen LogP contribution >= 0.6 is 0 Å². The van der Waals surface area contributed by atoms with Gasteiger partial charge in [0.2, 0.25) is 5.91 Å². The number of hydrogen-bond acceptors (Lipinski definition) is 4. The maximum absolute atomic E-state index is 11.3. The number of aromatic nitrogens is 2. The predicted octanol–water partition coefficient (Wildman–Crippen LogP) is 0.349. The lowest BCUT2D eigenvalue weighted by Crippen LogP contribution is -2.16. The van der Waals surface area contributed by atoms with E-state index in [1.165, 1.54) is 0 Å². The number of ether oxygens (including phenoxy) is 1. The molecule has 1 atom stereocenters. The SMILES string of the molecule is NCCC(=O)Nc1cnn(CC2CCCO2)c1. The third-order valence-corrected chi connectivity index (χ3v) is 2.70. The molecule has 2 heterocycles. The van der Waals surface area contributed by atoms with E-state index in [9.17, 15) is 4.79 Å². The maximum Gasteiger partial charge on any atom is 0.225 e. The minimum atomic E-state index is -0.0795. The van der Waals surface area contributed by atoms with E-state index in [1.807, 2.05) is 6.20 Å². The van der Waals surface area contributed by atoms with Crippen LogP contribution in [0.25, 0.3) is 0 Å². The summed E-state index contributed by atoms with van der Waals surface area (Å²) in [5, 5.41) is 6.93. The van der Waals surface area contributed by atoms with Crippen molar-refractivity contribution in [2.45, 2.75) is 31.9 Å². The van der Waals surface area contributed by atoms with E-state index < -0.39 is 0 Å². The minimum Gasteiger partial charge on any atom is -0.376 e. The number of rotatable bonds is 5. The molecule has 94 valence electrons. The highest BCUT2D eigenvalue weighted by atomic mass is 16.5. The molecule has 0 saturated carbocycles.